The van der Waals surface area contributed by atoms with E-state index in [9.17, 15) is 14.4 Å². The van der Waals surface area contributed by atoms with Crippen LogP contribution >= 0.6 is 0 Å². The number of unbranched alkanes of at least 4 members (excludes halogenated alkanes) is 43. The van der Waals surface area contributed by atoms with Crippen LogP contribution < -0.4 is 0 Å². The largest absolute Gasteiger partial charge is 0.462 e. The highest BCUT2D eigenvalue weighted by molar-refractivity contribution is 5.71. The molecule has 0 amide bonds. The van der Waals surface area contributed by atoms with E-state index in [1.807, 2.05) is 0 Å². The summed E-state index contributed by atoms with van der Waals surface area (Å²) in [7, 11) is 0. The Balaban J connectivity index is 4.16. The standard InChI is InChI=1S/C64H120O6/c1-4-7-10-13-16-19-22-24-26-27-28-29-30-31-32-33-34-35-36-38-39-42-45-48-51-54-57-63(66)69-60-61(59-68-62(65)56-53-50-47-44-41-21-18-15-12-9-6-3)70-64(67)58-55-52-49-46-43-40-37-25-23-20-17-14-11-8-5-2/h17,20,25,37,61H,4-16,18-19,21-24,26-36,38-60H2,1-3H3/b20-17-,37-25-. The zero-order valence-corrected chi connectivity index (χ0v) is 47.3. The summed E-state index contributed by atoms with van der Waals surface area (Å²) in [4.78, 5) is 38.1. The average Bonchev–Trinajstić information content (AvgIpc) is 3.36. The molecule has 412 valence electrons. The van der Waals surface area contributed by atoms with E-state index >= 15 is 0 Å². The van der Waals surface area contributed by atoms with Crippen LogP contribution in [-0.2, 0) is 28.6 Å². The number of allylic oxidation sites excluding steroid dienone is 4. The number of ether oxygens (including phenoxy) is 3. The lowest BCUT2D eigenvalue weighted by molar-refractivity contribution is -0.167. The first-order chi connectivity index (χ1) is 34.5. The Kier molecular flexibility index (Phi) is 57.7. The zero-order chi connectivity index (χ0) is 50.7. The van der Waals surface area contributed by atoms with Gasteiger partial charge in [0.2, 0.25) is 0 Å². The Hall–Kier alpha value is -2.11. The second kappa shape index (κ2) is 59.5. The lowest BCUT2D eigenvalue weighted by atomic mass is 10.0. The van der Waals surface area contributed by atoms with Crippen molar-refractivity contribution in [1.29, 1.82) is 0 Å². The van der Waals surface area contributed by atoms with Crippen molar-refractivity contribution in [3.63, 3.8) is 0 Å². The Morgan fingerprint density at radius 3 is 0.814 bits per heavy atom. The minimum atomic E-state index is -0.773. The number of carbonyl (C=O) groups excluding carboxylic acids is 3. The quantitative estimate of drug-likeness (QED) is 0.0261. The van der Waals surface area contributed by atoms with Crippen molar-refractivity contribution in [2.75, 3.05) is 13.2 Å². The van der Waals surface area contributed by atoms with Crippen molar-refractivity contribution in [2.24, 2.45) is 0 Å². The van der Waals surface area contributed by atoms with E-state index in [1.54, 1.807) is 0 Å². The molecule has 0 aliphatic heterocycles. The van der Waals surface area contributed by atoms with Crippen LogP contribution in [0, 0.1) is 0 Å². The van der Waals surface area contributed by atoms with E-state index in [0.717, 1.165) is 77.0 Å². The van der Waals surface area contributed by atoms with Gasteiger partial charge in [-0.2, -0.15) is 0 Å². The first-order valence-corrected chi connectivity index (χ1v) is 31.3. The van der Waals surface area contributed by atoms with E-state index in [0.29, 0.717) is 19.3 Å². The minimum absolute atomic E-state index is 0.0715. The molecule has 0 aliphatic rings. The normalized spacial score (nSPS) is 12.1. The predicted octanol–water partition coefficient (Wildman–Crippen LogP) is 21.1. The third kappa shape index (κ3) is 56.8. The summed E-state index contributed by atoms with van der Waals surface area (Å²) in [6, 6.07) is 0. The molecule has 0 bridgehead atoms. The van der Waals surface area contributed by atoms with Gasteiger partial charge in [-0.1, -0.05) is 302 Å². The van der Waals surface area contributed by atoms with Crippen molar-refractivity contribution < 1.29 is 28.6 Å². The molecule has 0 saturated heterocycles. The van der Waals surface area contributed by atoms with Crippen molar-refractivity contribution in [3.05, 3.63) is 24.3 Å². The van der Waals surface area contributed by atoms with Crippen LogP contribution in [0.15, 0.2) is 24.3 Å². The third-order valence-corrected chi connectivity index (χ3v) is 14.2. The molecule has 0 aromatic carbocycles. The second-order valence-electron chi connectivity index (χ2n) is 21.3. The molecule has 6 nitrogen and oxygen atoms in total. The molecule has 0 heterocycles. The molecular weight excluding hydrogens is 865 g/mol. The van der Waals surface area contributed by atoms with Gasteiger partial charge >= 0.3 is 17.9 Å². The van der Waals surface area contributed by atoms with Crippen molar-refractivity contribution in [3.8, 4) is 0 Å². The van der Waals surface area contributed by atoms with Gasteiger partial charge in [-0.3, -0.25) is 14.4 Å². The number of carbonyl (C=O) groups is 3. The summed E-state index contributed by atoms with van der Waals surface area (Å²) >= 11 is 0. The molecule has 1 atom stereocenters. The Bertz CT molecular complexity index is 1130. The Labute approximate surface area is 436 Å². The fourth-order valence-electron chi connectivity index (χ4n) is 9.48. The summed E-state index contributed by atoms with van der Waals surface area (Å²) < 4.78 is 16.9. The van der Waals surface area contributed by atoms with Crippen molar-refractivity contribution >= 4 is 17.9 Å². The molecule has 0 spiro atoms. The van der Waals surface area contributed by atoms with E-state index < -0.39 is 6.10 Å². The van der Waals surface area contributed by atoms with Crippen molar-refractivity contribution in [2.45, 2.75) is 354 Å². The van der Waals surface area contributed by atoms with E-state index in [2.05, 4.69) is 45.1 Å². The molecule has 6 heteroatoms. The van der Waals surface area contributed by atoms with Gasteiger partial charge in [0.1, 0.15) is 13.2 Å². The summed E-state index contributed by atoms with van der Waals surface area (Å²) in [6.45, 7) is 6.65. The molecule has 0 fully saturated rings. The molecule has 0 aromatic heterocycles. The molecule has 0 radical (unpaired) electrons. The van der Waals surface area contributed by atoms with Crippen LogP contribution in [0.1, 0.15) is 348 Å². The fourth-order valence-corrected chi connectivity index (χ4v) is 9.48. The maximum Gasteiger partial charge on any atom is 0.306 e. The third-order valence-electron chi connectivity index (χ3n) is 14.2. The molecule has 0 rings (SSSR count). The first kappa shape index (κ1) is 67.9. The molecule has 70 heavy (non-hydrogen) atoms. The number of rotatable bonds is 58. The van der Waals surface area contributed by atoms with E-state index in [-0.39, 0.29) is 31.1 Å². The molecule has 0 N–H and O–H groups in total. The predicted molar refractivity (Wildman–Crippen MR) is 303 cm³/mol. The Morgan fingerprint density at radius 1 is 0.286 bits per heavy atom. The monoisotopic (exact) mass is 985 g/mol. The van der Waals surface area contributed by atoms with Gasteiger partial charge < -0.3 is 14.2 Å². The number of esters is 3. The van der Waals surface area contributed by atoms with Crippen LogP contribution in [-0.4, -0.2) is 37.2 Å². The fraction of sp³-hybridized carbons (Fsp3) is 0.891. The first-order valence-electron chi connectivity index (χ1n) is 31.3. The average molecular weight is 986 g/mol. The smallest absolute Gasteiger partial charge is 0.306 e. The molecule has 0 saturated carbocycles. The molecule has 1 unspecified atom stereocenters. The summed E-state index contributed by atoms with van der Waals surface area (Å²) in [5.74, 6) is -0.863. The van der Waals surface area contributed by atoms with Gasteiger partial charge in [-0.05, 0) is 51.4 Å². The zero-order valence-electron chi connectivity index (χ0n) is 47.3. The van der Waals surface area contributed by atoms with Crippen LogP contribution in [0.2, 0.25) is 0 Å². The lowest BCUT2D eigenvalue weighted by Crippen LogP contribution is -2.30. The van der Waals surface area contributed by atoms with Crippen molar-refractivity contribution in [1.82, 2.24) is 0 Å². The van der Waals surface area contributed by atoms with E-state index in [4.69, 9.17) is 14.2 Å². The highest BCUT2D eigenvalue weighted by atomic mass is 16.6. The van der Waals surface area contributed by atoms with Crippen LogP contribution in [0.5, 0.6) is 0 Å². The highest BCUT2D eigenvalue weighted by Gasteiger charge is 2.19. The summed E-state index contributed by atoms with van der Waals surface area (Å²) in [5.41, 5.74) is 0. The van der Waals surface area contributed by atoms with Crippen LogP contribution in [0.4, 0.5) is 0 Å². The maximum atomic E-state index is 12.8. The molecule has 0 aromatic rings. The minimum Gasteiger partial charge on any atom is -0.462 e. The topological polar surface area (TPSA) is 78.9 Å². The SMILES string of the molecule is CCCCC/C=C\C/C=C\CCCCCCCC(=O)OC(COC(=O)CCCCCCCCCCCCC)COC(=O)CCCCCCCCCCCCCCCCCCCCCCCCCCCC. The van der Waals surface area contributed by atoms with Gasteiger partial charge in [-0.15, -0.1) is 0 Å². The van der Waals surface area contributed by atoms with Gasteiger partial charge in [0.25, 0.3) is 0 Å². The van der Waals surface area contributed by atoms with E-state index in [1.165, 1.54) is 231 Å². The molecular formula is C64H120O6. The Morgan fingerprint density at radius 2 is 0.514 bits per heavy atom. The number of hydrogen-bond donors (Lipinski definition) is 0. The number of hydrogen-bond acceptors (Lipinski definition) is 6. The lowest BCUT2D eigenvalue weighted by Gasteiger charge is -2.18. The van der Waals surface area contributed by atoms with Gasteiger partial charge in [0.15, 0.2) is 6.10 Å². The van der Waals surface area contributed by atoms with Gasteiger partial charge in [0, 0.05) is 19.3 Å². The van der Waals surface area contributed by atoms with Crippen LogP contribution in [0.25, 0.3) is 0 Å². The molecule has 0 aliphatic carbocycles. The summed E-state index contributed by atoms with van der Waals surface area (Å²) in [6.07, 6.45) is 70.5. The van der Waals surface area contributed by atoms with Gasteiger partial charge in [-0.25, -0.2) is 0 Å². The summed E-state index contributed by atoms with van der Waals surface area (Å²) in [5, 5.41) is 0. The van der Waals surface area contributed by atoms with Gasteiger partial charge in [0.05, 0.1) is 0 Å². The second-order valence-corrected chi connectivity index (χ2v) is 21.3. The maximum absolute atomic E-state index is 12.8. The highest BCUT2D eigenvalue weighted by Crippen LogP contribution is 2.18. The van der Waals surface area contributed by atoms with Crippen LogP contribution in [0.3, 0.4) is 0 Å².